The van der Waals surface area contributed by atoms with Gasteiger partial charge in [0.25, 0.3) is 0 Å². The normalized spacial score (nSPS) is 10.3. The number of aromatic nitrogens is 2. The molecule has 4 nitrogen and oxygen atoms in total. The summed E-state index contributed by atoms with van der Waals surface area (Å²) in [5.41, 5.74) is 2.77. The van der Waals surface area contributed by atoms with Crippen molar-refractivity contribution >= 4 is 0 Å². The molecule has 0 fully saturated rings. The van der Waals surface area contributed by atoms with Crippen LogP contribution in [-0.2, 0) is 6.61 Å². The van der Waals surface area contributed by atoms with Gasteiger partial charge in [-0.25, -0.2) is 0 Å². The molecule has 0 unspecified atom stereocenters. The van der Waals surface area contributed by atoms with Gasteiger partial charge in [0.15, 0.2) is 0 Å². The summed E-state index contributed by atoms with van der Waals surface area (Å²) in [6, 6.07) is 8.12. The molecule has 4 heteroatoms. The van der Waals surface area contributed by atoms with E-state index in [9.17, 15) is 0 Å². The van der Waals surface area contributed by atoms with E-state index >= 15 is 0 Å². The van der Waals surface area contributed by atoms with Gasteiger partial charge >= 0.3 is 0 Å². The lowest BCUT2D eigenvalue weighted by Gasteiger charge is -2.08. The highest BCUT2D eigenvalue weighted by molar-refractivity contribution is 5.48. The predicted molar refractivity (Wildman–Crippen MR) is 82.1 cm³/mol. The molecule has 21 heavy (non-hydrogen) atoms. The first kappa shape index (κ1) is 15.1. The summed E-state index contributed by atoms with van der Waals surface area (Å²) in [6.07, 6.45) is 1.95. The van der Waals surface area contributed by atoms with E-state index in [1.165, 1.54) is 0 Å². The molecule has 0 saturated carbocycles. The van der Waals surface area contributed by atoms with Crippen LogP contribution >= 0.6 is 0 Å². The molecule has 1 heterocycles. The second kappa shape index (κ2) is 6.96. The summed E-state index contributed by atoms with van der Waals surface area (Å²) >= 11 is 0. The molecule has 1 aromatic carbocycles. The van der Waals surface area contributed by atoms with E-state index in [0.29, 0.717) is 18.4 Å². The highest BCUT2D eigenvalue weighted by atomic mass is 16.5. The first-order valence-electron chi connectivity index (χ1n) is 6.97. The summed E-state index contributed by atoms with van der Waals surface area (Å²) in [6.45, 7) is 6.40. The number of aryl methyl sites for hydroxylation is 1. The topological polar surface area (TPSA) is 47.3 Å². The van der Waals surface area contributed by atoms with Crippen molar-refractivity contribution in [3.63, 3.8) is 0 Å². The van der Waals surface area contributed by atoms with Crippen molar-refractivity contribution in [1.82, 2.24) is 9.78 Å². The maximum Gasteiger partial charge on any atom is 0.135 e. The third kappa shape index (κ3) is 4.11. The molecule has 0 spiro atoms. The minimum Gasteiger partial charge on any atom is -0.486 e. The number of rotatable bonds is 4. The largest absolute Gasteiger partial charge is 0.486 e. The highest BCUT2D eigenvalue weighted by Gasteiger charge is 2.05. The zero-order valence-corrected chi connectivity index (χ0v) is 12.6. The van der Waals surface area contributed by atoms with E-state index in [0.717, 1.165) is 16.8 Å². The van der Waals surface area contributed by atoms with Crippen molar-refractivity contribution in [1.29, 1.82) is 0 Å². The third-order valence-corrected chi connectivity index (χ3v) is 3.01. The van der Waals surface area contributed by atoms with Gasteiger partial charge in [0.05, 0.1) is 11.3 Å². The minimum atomic E-state index is -0.161. The molecule has 0 amide bonds. The second-order valence-electron chi connectivity index (χ2n) is 5.13. The number of aliphatic hydroxyl groups is 1. The fraction of sp³-hybridized carbons (Fsp3) is 0.353. The van der Waals surface area contributed by atoms with Crippen LogP contribution in [0.15, 0.2) is 30.5 Å². The lowest BCUT2D eigenvalue weighted by molar-refractivity contribution is 0.298. The predicted octanol–water partition coefficient (Wildman–Crippen LogP) is 2.70. The van der Waals surface area contributed by atoms with Crippen LogP contribution in [0.4, 0.5) is 0 Å². The van der Waals surface area contributed by atoms with E-state index < -0.39 is 0 Å². The monoisotopic (exact) mass is 284 g/mol. The summed E-state index contributed by atoms with van der Waals surface area (Å²) in [5, 5.41) is 13.3. The Bertz CT molecular complexity index is 663. The molecular formula is C17H20N2O2. The lowest BCUT2D eigenvalue weighted by atomic mass is 10.1. The molecule has 2 aromatic rings. The average molecular weight is 284 g/mol. The van der Waals surface area contributed by atoms with E-state index in [1.807, 2.05) is 42.1 Å². The molecule has 2 rings (SSSR count). The number of hydrogen-bond acceptors (Lipinski definition) is 3. The Morgan fingerprint density at radius 3 is 2.81 bits per heavy atom. The molecule has 0 aliphatic carbocycles. The molecule has 0 atom stereocenters. The van der Waals surface area contributed by atoms with Gasteiger partial charge in [-0.15, -0.1) is 0 Å². The van der Waals surface area contributed by atoms with Gasteiger partial charge < -0.3 is 9.84 Å². The first-order chi connectivity index (χ1) is 10.1. The summed E-state index contributed by atoms with van der Waals surface area (Å²) in [4.78, 5) is 0. The Kier molecular flexibility index (Phi) is 5.02. The Labute approximate surface area is 125 Å². The van der Waals surface area contributed by atoms with Crippen LogP contribution in [0.1, 0.15) is 36.7 Å². The van der Waals surface area contributed by atoms with Gasteiger partial charge in [0, 0.05) is 12.2 Å². The maximum atomic E-state index is 8.82. The Morgan fingerprint density at radius 2 is 2.14 bits per heavy atom. The van der Waals surface area contributed by atoms with Crippen molar-refractivity contribution in [2.75, 3.05) is 6.61 Å². The van der Waals surface area contributed by atoms with E-state index in [2.05, 4.69) is 30.8 Å². The summed E-state index contributed by atoms with van der Waals surface area (Å²) in [7, 11) is 0. The van der Waals surface area contributed by atoms with Crippen LogP contribution in [0.3, 0.4) is 0 Å². The quantitative estimate of drug-likeness (QED) is 0.878. The number of hydrogen-bond donors (Lipinski definition) is 1. The summed E-state index contributed by atoms with van der Waals surface area (Å²) in [5.74, 6) is 6.28. The van der Waals surface area contributed by atoms with Crippen LogP contribution in [0.25, 0.3) is 0 Å². The molecule has 0 aliphatic rings. The van der Waals surface area contributed by atoms with Crippen LogP contribution < -0.4 is 4.74 Å². The first-order valence-corrected chi connectivity index (χ1v) is 6.97. The van der Waals surface area contributed by atoms with Gasteiger partial charge in [0.1, 0.15) is 19.0 Å². The number of benzene rings is 1. The van der Waals surface area contributed by atoms with Gasteiger partial charge in [-0.1, -0.05) is 17.9 Å². The summed E-state index contributed by atoms with van der Waals surface area (Å²) < 4.78 is 7.71. The van der Waals surface area contributed by atoms with E-state index in [1.54, 1.807) is 0 Å². The Balaban J connectivity index is 2.11. The number of aliphatic hydroxyl groups excluding tert-OH is 1. The van der Waals surface area contributed by atoms with Crippen LogP contribution in [-0.4, -0.2) is 21.5 Å². The van der Waals surface area contributed by atoms with E-state index in [4.69, 9.17) is 9.84 Å². The molecule has 0 radical (unpaired) electrons. The highest BCUT2D eigenvalue weighted by Crippen LogP contribution is 2.20. The molecule has 0 bridgehead atoms. The standard InChI is InChI=1S/C17H20N2O2/c1-13(2)19-9-8-16(18-19)12-21-17-7-6-14(3)11-15(17)5-4-10-20/h6-9,11,13,20H,10,12H2,1-3H3. The van der Waals surface area contributed by atoms with Crippen LogP contribution in [0.5, 0.6) is 5.75 Å². The van der Waals surface area contributed by atoms with Crippen LogP contribution in [0, 0.1) is 18.8 Å². The molecule has 0 aliphatic heterocycles. The SMILES string of the molecule is Cc1ccc(OCc2ccn(C(C)C)n2)c(C#CCO)c1. The van der Waals surface area contributed by atoms with Gasteiger partial charge in [0.2, 0.25) is 0 Å². The molecular weight excluding hydrogens is 264 g/mol. The zero-order valence-electron chi connectivity index (χ0n) is 12.6. The Morgan fingerprint density at radius 1 is 1.33 bits per heavy atom. The smallest absolute Gasteiger partial charge is 0.135 e. The number of nitrogens with zero attached hydrogens (tertiary/aromatic N) is 2. The average Bonchev–Trinajstić information content (AvgIpc) is 2.93. The van der Waals surface area contributed by atoms with E-state index in [-0.39, 0.29) is 6.61 Å². The molecule has 0 saturated heterocycles. The maximum absolute atomic E-state index is 8.82. The van der Waals surface area contributed by atoms with Crippen molar-refractivity contribution in [2.24, 2.45) is 0 Å². The molecule has 1 aromatic heterocycles. The number of ether oxygens (including phenoxy) is 1. The van der Waals surface area contributed by atoms with Crippen molar-refractivity contribution < 1.29 is 9.84 Å². The van der Waals surface area contributed by atoms with Crippen molar-refractivity contribution in [3.05, 3.63) is 47.3 Å². The van der Waals surface area contributed by atoms with Gasteiger partial charge in [-0.2, -0.15) is 5.10 Å². The fourth-order valence-corrected chi connectivity index (χ4v) is 1.90. The Hall–Kier alpha value is -2.25. The van der Waals surface area contributed by atoms with Crippen molar-refractivity contribution in [3.8, 4) is 17.6 Å². The van der Waals surface area contributed by atoms with Crippen molar-refractivity contribution in [2.45, 2.75) is 33.4 Å². The molecule has 110 valence electrons. The zero-order chi connectivity index (χ0) is 15.2. The van der Waals surface area contributed by atoms with Gasteiger partial charge in [-0.3, -0.25) is 4.68 Å². The lowest BCUT2D eigenvalue weighted by Crippen LogP contribution is -2.04. The third-order valence-electron chi connectivity index (χ3n) is 3.01. The van der Waals surface area contributed by atoms with Gasteiger partial charge in [-0.05, 0) is 44.5 Å². The minimum absolute atomic E-state index is 0.161. The molecule has 1 N–H and O–H groups in total. The fourth-order valence-electron chi connectivity index (χ4n) is 1.90. The van der Waals surface area contributed by atoms with Crippen LogP contribution in [0.2, 0.25) is 0 Å². The second-order valence-corrected chi connectivity index (χ2v) is 5.13.